The second-order valence-electron chi connectivity index (χ2n) is 3.86. The second kappa shape index (κ2) is 3.92. The fraction of sp³-hybridized carbons (Fsp3) is 0.250. The van der Waals surface area contributed by atoms with Crippen LogP contribution >= 0.6 is 11.3 Å². The Bertz CT molecular complexity index is 668. The molecule has 86 valence electrons. The van der Waals surface area contributed by atoms with Gasteiger partial charge in [0.1, 0.15) is 12.2 Å². The summed E-state index contributed by atoms with van der Waals surface area (Å²) >= 11 is 1.68. The smallest absolute Gasteiger partial charge is 0.159 e. The molecule has 0 aromatic carbocycles. The highest BCUT2D eigenvalue weighted by molar-refractivity contribution is 7.17. The summed E-state index contributed by atoms with van der Waals surface area (Å²) in [6, 6.07) is 0. The average Bonchev–Trinajstić information content (AvgIpc) is 2.96. The number of nitrogens with zero attached hydrogens (tertiary/aromatic N) is 4. The first-order valence-electron chi connectivity index (χ1n) is 5.52. The SMILES string of the molecule is CCc1nccn1-c1ncnc2c(C)csc12. The molecule has 0 aliphatic heterocycles. The Morgan fingerprint density at radius 3 is 3.00 bits per heavy atom. The van der Waals surface area contributed by atoms with Crippen molar-refractivity contribution in [1.29, 1.82) is 0 Å². The van der Waals surface area contributed by atoms with E-state index in [0.29, 0.717) is 0 Å². The van der Waals surface area contributed by atoms with Crippen molar-refractivity contribution in [1.82, 2.24) is 19.5 Å². The van der Waals surface area contributed by atoms with Crippen LogP contribution in [0.3, 0.4) is 0 Å². The summed E-state index contributed by atoms with van der Waals surface area (Å²) in [5, 5.41) is 2.12. The van der Waals surface area contributed by atoms with Gasteiger partial charge in [-0.2, -0.15) is 0 Å². The summed E-state index contributed by atoms with van der Waals surface area (Å²) < 4.78 is 3.16. The number of rotatable bonds is 2. The van der Waals surface area contributed by atoms with Gasteiger partial charge in [-0.1, -0.05) is 6.92 Å². The number of hydrogen-bond donors (Lipinski definition) is 0. The molecular weight excluding hydrogens is 232 g/mol. The molecule has 0 atom stereocenters. The van der Waals surface area contributed by atoms with Gasteiger partial charge in [-0.3, -0.25) is 4.57 Å². The molecule has 3 heterocycles. The Hall–Kier alpha value is -1.75. The summed E-state index contributed by atoms with van der Waals surface area (Å²) in [4.78, 5) is 13.1. The minimum Gasteiger partial charge on any atom is -0.287 e. The minimum atomic E-state index is 0.892. The molecule has 3 aromatic rings. The number of aromatic nitrogens is 4. The first kappa shape index (κ1) is 10.4. The maximum atomic E-state index is 4.39. The molecule has 5 heteroatoms. The van der Waals surface area contributed by atoms with Crippen LogP contribution in [0.15, 0.2) is 24.1 Å². The van der Waals surface area contributed by atoms with Crippen molar-refractivity contribution in [3.8, 4) is 5.82 Å². The van der Waals surface area contributed by atoms with Gasteiger partial charge in [0.25, 0.3) is 0 Å². The van der Waals surface area contributed by atoms with E-state index >= 15 is 0 Å². The topological polar surface area (TPSA) is 43.6 Å². The molecular formula is C12H12N4S. The zero-order chi connectivity index (χ0) is 11.8. The molecule has 0 radical (unpaired) electrons. The van der Waals surface area contributed by atoms with Gasteiger partial charge < -0.3 is 0 Å². The van der Waals surface area contributed by atoms with Gasteiger partial charge in [0.15, 0.2) is 5.82 Å². The number of imidazole rings is 1. The van der Waals surface area contributed by atoms with Crippen molar-refractivity contribution < 1.29 is 0 Å². The normalized spacial score (nSPS) is 11.2. The molecule has 0 amide bonds. The van der Waals surface area contributed by atoms with Crippen molar-refractivity contribution in [2.24, 2.45) is 0 Å². The number of hydrogen-bond acceptors (Lipinski definition) is 4. The molecule has 0 fully saturated rings. The highest BCUT2D eigenvalue weighted by atomic mass is 32.1. The molecule has 0 spiro atoms. The van der Waals surface area contributed by atoms with Gasteiger partial charge in [-0.15, -0.1) is 11.3 Å². The second-order valence-corrected chi connectivity index (χ2v) is 4.74. The molecule has 0 bridgehead atoms. The molecule has 17 heavy (non-hydrogen) atoms. The molecule has 3 aromatic heterocycles. The van der Waals surface area contributed by atoms with Gasteiger partial charge in [0.2, 0.25) is 0 Å². The lowest BCUT2D eigenvalue weighted by Gasteiger charge is -2.05. The third kappa shape index (κ3) is 1.54. The lowest BCUT2D eigenvalue weighted by Crippen LogP contribution is -2.02. The molecule has 0 N–H and O–H groups in total. The average molecular weight is 244 g/mol. The van der Waals surface area contributed by atoms with Crippen molar-refractivity contribution in [3.05, 3.63) is 35.5 Å². The van der Waals surface area contributed by atoms with Crippen molar-refractivity contribution >= 4 is 21.6 Å². The Labute approximate surface area is 103 Å². The highest BCUT2D eigenvalue weighted by Crippen LogP contribution is 2.28. The molecule has 3 rings (SSSR count). The van der Waals surface area contributed by atoms with Gasteiger partial charge in [0.05, 0.1) is 10.2 Å². The van der Waals surface area contributed by atoms with Crippen molar-refractivity contribution in [3.63, 3.8) is 0 Å². The third-order valence-corrected chi connectivity index (χ3v) is 3.86. The first-order valence-corrected chi connectivity index (χ1v) is 6.40. The van der Waals surface area contributed by atoms with Crippen LogP contribution in [-0.4, -0.2) is 19.5 Å². The zero-order valence-corrected chi connectivity index (χ0v) is 10.5. The van der Waals surface area contributed by atoms with E-state index in [9.17, 15) is 0 Å². The number of fused-ring (bicyclic) bond motifs is 1. The van der Waals surface area contributed by atoms with Crippen LogP contribution in [0.4, 0.5) is 0 Å². The van der Waals surface area contributed by atoms with E-state index in [1.54, 1.807) is 17.7 Å². The van der Waals surface area contributed by atoms with E-state index < -0.39 is 0 Å². The van der Waals surface area contributed by atoms with Gasteiger partial charge >= 0.3 is 0 Å². The highest BCUT2D eigenvalue weighted by Gasteiger charge is 2.11. The summed E-state index contributed by atoms with van der Waals surface area (Å²) in [7, 11) is 0. The molecule has 0 aliphatic carbocycles. The van der Waals surface area contributed by atoms with Gasteiger partial charge in [0, 0.05) is 18.8 Å². The Morgan fingerprint density at radius 2 is 2.18 bits per heavy atom. The quantitative estimate of drug-likeness (QED) is 0.696. The predicted molar refractivity (Wildman–Crippen MR) is 68.7 cm³/mol. The van der Waals surface area contributed by atoms with Crippen LogP contribution in [0, 0.1) is 6.92 Å². The van der Waals surface area contributed by atoms with E-state index in [1.165, 1.54) is 5.56 Å². The van der Waals surface area contributed by atoms with Crippen molar-refractivity contribution in [2.75, 3.05) is 0 Å². The van der Waals surface area contributed by atoms with E-state index in [1.807, 2.05) is 17.0 Å². The number of aryl methyl sites for hydroxylation is 2. The monoisotopic (exact) mass is 244 g/mol. The summed E-state index contributed by atoms with van der Waals surface area (Å²) in [5.41, 5.74) is 2.24. The number of thiophene rings is 1. The molecule has 0 unspecified atom stereocenters. The van der Waals surface area contributed by atoms with Crippen LogP contribution < -0.4 is 0 Å². The van der Waals surface area contributed by atoms with Crippen LogP contribution in [0.1, 0.15) is 18.3 Å². The predicted octanol–water partition coefficient (Wildman–Crippen LogP) is 2.75. The maximum absolute atomic E-state index is 4.39. The largest absolute Gasteiger partial charge is 0.287 e. The summed E-state index contributed by atoms with van der Waals surface area (Å²) in [6.45, 7) is 4.17. The Morgan fingerprint density at radius 1 is 1.29 bits per heavy atom. The molecule has 4 nitrogen and oxygen atoms in total. The van der Waals surface area contributed by atoms with Crippen LogP contribution in [0.5, 0.6) is 0 Å². The van der Waals surface area contributed by atoms with E-state index in [-0.39, 0.29) is 0 Å². The van der Waals surface area contributed by atoms with E-state index in [2.05, 4.69) is 34.2 Å². The molecule has 0 aliphatic rings. The van der Waals surface area contributed by atoms with Crippen LogP contribution in [0.2, 0.25) is 0 Å². The fourth-order valence-electron chi connectivity index (χ4n) is 1.92. The van der Waals surface area contributed by atoms with Gasteiger partial charge in [-0.25, -0.2) is 15.0 Å². The lowest BCUT2D eigenvalue weighted by molar-refractivity contribution is 0.871. The van der Waals surface area contributed by atoms with E-state index in [4.69, 9.17) is 0 Å². The fourth-order valence-corrected chi connectivity index (χ4v) is 2.91. The Kier molecular flexibility index (Phi) is 2.40. The van der Waals surface area contributed by atoms with Crippen LogP contribution in [0.25, 0.3) is 16.0 Å². The summed E-state index contributed by atoms with van der Waals surface area (Å²) in [6.07, 6.45) is 6.28. The summed E-state index contributed by atoms with van der Waals surface area (Å²) in [5.74, 6) is 1.96. The molecule has 0 saturated heterocycles. The minimum absolute atomic E-state index is 0.892. The zero-order valence-electron chi connectivity index (χ0n) is 9.71. The molecule has 0 saturated carbocycles. The van der Waals surface area contributed by atoms with Crippen molar-refractivity contribution in [2.45, 2.75) is 20.3 Å². The van der Waals surface area contributed by atoms with Crippen LogP contribution in [-0.2, 0) is 6.42 Å². The lowest BCUT2D eigenvalue weighted by atomic mass is 10.3. The standard InChI is InChI=1S/C12H12N4S/c1-3-9-13-4-5-16(9)12-11-10(14-7-15-12)8(2)6-17-11/h4-7H,3H2,1-2H3. The Balaban J connectivity index is 2.30. The van der Waals surface area contributed by atoms with E-state index in [0.717, 1.165) is 28.3 Å². The third-order valence-electron chi connectivity index (χ3n) is 2.77. The maximum Gasteiger partial charge on any atom is 0.159 e. The first-order chi connectivity index (χ1) is 8.31. The van der Waals surface area contributed by atoms with Gasteiger partial charge in [-0.05, 0) is 17.9 Å².